The van der Waals surface area contributed by atoms with Crippen molar-refractivity contribution in [3.05, 3.63) is 162 Å². The third-order valence-corrected chi connectivity index (χ3v) is 7.74. The minimum Gasteiger partial charge on any atom is -0.350 e. The van der Waals surface area contributed by atoms with Crippen molar-refractivity contribution in [2.24, 2.45) is 0 Å². The van der Waals surface area contributed by atoms with Crippen LogP contribution in [0.5, 0.6) is 0 Å². The summed E-state index contributed by atoms with van der Waals surface area (Å²) >= 11 is 0. The normalized spacial score (nSPS) is 11.8. The van der Waals surface area contributed by atoms with Gasteiger partial charge in [0, 0.05) is 34.8 Å². The Morgan fingerprint density at radius 1 is 0.694 bits per heavy atom. The molecule has 3 N–H and O–H groups in total. The van der Waals surface area contributed by atoms with Crippen molar-refractivity contribution >= 4 is 34.4 Å². The summed E-state index contributed by atoms with van der Waals surface area (Å²) < 4.78 is 39.2. The molecule has 2 heterocycles. The van der Waals surface area contributed by atoms with E-state index in [1.54, 1.807) is 103 Å². The number of amides is 3. The Morgan fingerprint density at radius 3 is 2.16 bits per heavy atom. The first kappa shape index (κ1) is 32.6. The Kier molecular flexibility index (Phi) is 9.43. The fourth-order valence-electron chi connectivity index (χ4n) is 5.23. The highest BCUT2D eigenvalue weighted by molar-refractivity contribution is 6.08. The van der Waals surface area contributed by atoms with Gasteiger partial charge in [0.05, 0.1) is 22.8 Å². The van der Waals surface area contributed by atoms with Gasteiger partial charge in [0.2, 0.25) is 0 Å². The average molecular weight is 660 g/mol. The summed E-state index contributed by atoms with van der Waals surface area (Å²) in [4.78, 5) is 48.2. The molecule has 6 rings (SSSR count). The molecule has 0 aliphatic rings. The van der Waals surface area contributed by atoms with Gasteiger partial charge in [-0.15, -0.1) is 0 Å². The van der Waals surface area contributed by atoms with Gasteiger partial charge < -0.3 is 16.0 Å². The molecule has 3 amide bonds. The summed E-state index contributed by atoms with van der Waals surface area (Å²) in [6.07, 6.45) is -2.86. The SMILES string of the molecule is O=C(NC[C@H](NC(=O)c1ccc2nc(NC(=O)c3ccccc3-c3ccc(C(F)(F)F)cc3)ccc2c1)c1ccccn1)c1ccccc1. The number of nitrogens with one attached hydrogen (secondary N) is 3. The van der Waals surface area contributed by atoms with Crippen LogP contribution in [0.3, 0.4) is 0 Å². The summed E-state index contributed by atoms with van der Waals surface area (Å²) in [5, 5.41) is 9.22. The number of anilines is 1. The van der Waals surface area contributed by atoms with Crippen molar-refractivity contribution in [1.29, 1.82) is 0 Å². The molecule has 0 radical (unpaired) electrons. The molecule has 0 aliphatic heterocycles. The zero-order valence-electron chi connectivity index (χ0n) is 25.7. The predicted molar refractivity (Wildman–Crippen MR) is 180 cm³/mol. The minimum atomic E-state index is -4.47. The molecule has 1 atom stereocenters. The first-order valence-electron chi connectivity index (χ1n) is 15.2. The van der Waals surface area contributed by atoms with E-state index in [-0.39, 0.29) is 29.7 Å². The second-order valence-corrected chi connectivity index (χ2v) is 11.0. The smallest absolute Gasteiger partial charge is 0.350 e. The maximum absolute atomic E-state index is 13.4. The van der Waals surface area contributed by atoms with Gasteiger partial charge >= 0.3 is 6.18 Å². The topological polar surface area (TPSA) is 113 Å². The number of nitrogens with zero attached hydrogens (tertiary/aromatic N) is 2. The zero-order chi connectivity index (χ0) is 34.4. The monoisotopic (exact) mass is 659 g/mol. The molecule has 2 aromatic heterocycles. The number of hydrogen-bond donors (Lipinski definition) is 3. The van der Waals surface area contributed by atoms with Gasteiger partial charge in [0.25, 0.3) is 17.7 Å². The summed E-state index contributed by atoms with van der Waals surface area (Å²) in [7, 11) is 0. The first-order valence-corrected chi connectivity index (χ1v) is 15.2. The van der Waals surface area contributed by atoms with E-state index in [4.69, 9.17) is 0 Å². The summed E-state index contributed by atoms with van der Waals surface area (Å²) in [5.74, 6) is -0.901. The van der Waals surface area contributed by atoms with Gasteiger partial charge in [-0.2, -0.15) is 13.2 Å². The van der Waals surface area contributed by atoms with Crippen LogP contribution in [-0.2, 0) is 6.18 Å². The molecule has 0 aliphatic carbocycles. The van der Waals surface area contributed by atoms with E-state index in [9.17, 15) is 27.6 Å². The largest absolute Gasteiger partial charge is 0.416 e. The van der Waals surface area contributed by atoms with Crippen molar-refractivity contribution in [1.82, 2.24) is 20.6 Å². The third-order valence-electron chi connectivity index (χ3n) is 7.74. The number of hydrogen-bond acceptors (Lipinski definition) is 5. The van der Waals surface area contributed by atoms with Gasteiger partial charge in [0.15, 0.2) is 0 Å². The van der Waals surface area contributed by atoms with E-state index in [1.165, 1.54) is 12.1 Å². The highest BCUT2D eigenvalue weighted by Crippen LogP contribution is 2.32. The van der Waals surface area contributed by atoms with Crippen molar-refractivity contribution in [2.75, 3.05) is 11.9 Å². The number of halogens is 3. The maximum Gasteiger partial charge on any atom is 0.416 e. The molecule has 0 fully saturated rings. The Balaban J connectivity index is 1.16. The molecule has 0 bridgehead atoms. The summed E-state index contributed by atoms with van der Waals surface area (Å²) in [6, 6.07) is 32.9. The fourth-order valence-corrected chi connectivity index (χ4v) is 5.23. The Labute approximate surface area is 279 Å². The molecular formula is C38H28F3N5O3. The molecule has 0 saturated heterocycles. The van der Waals surface area contributed by atoms with Gasteiger partial charge in [-0.3, -0.25) is 19.4 Å². The number of aromatic nitrogens is 2. The Bertz CT molecular complexity index is 2120. The van der Waals surface area contributed by atoms with Crippen LogP contribution in [0.1, 0.15) is 48.4 Å². The molecule has 244 valence electrons. The molecule has 0 unspecified atom stereocenters. The highest BCUT2D eigenvalue weighted by Gasteiger charge is 2.30. The number of benzene rings is 4. The average Bonchev–Trinajstić information content (AvgIpc) is 3.13. The third kappa shape index (κ3) is 7.79. The van der Waals surface area contributed by atoms with Crippen molar-refractivity contribution in [2.45, 2.75) is 12.2 Å². The lowest BCUT2D eigenvalue weighted by molar-refractivity contribution is -0.137. The van der Waals surface area contributed by atoms with Crippen LogP contribution in [0.15, 0.2) is 134 Å². The predicted octanol–water partition coefficient (Wildman–Crippen LogP) is 7.47. The lowest BCUT2D eigenvalue weighted by atomic mass is 9.98. The van der Waals surface area contributed by atoms with Crippen LogP contribution in [-0.4, -0.2) is 34.2 Å². The molecule has 49 heavy (non-hydrogen) atoms. The summed E-state index contributed by atoms with van der Waals surface area (Å²) in [6.45, 7) is 0.108. The zero-order valence-corrected chi connectivity index (χ0v) is 25.7. The summed E-state index contributed by atoms with van der Waals surface area (Å²) in [5.41, 5.74) is 2.35. The van der Waals surface area contributed by atoms with Crippen LogP contribution in [0.25, 0.3) is 22.0 Å². The lowest BCUT2D eigenvalue weighted by Gasteiger charge is -2.19. The van der Waals surface area contributed by atoms with E-state index in [0.717, 1.165) is 12.1 Å². The van der Waals surface area contributed by atoms with Crippen LogP contribution in [0.2, 0.25) is 0 Å². The minimum absolute atomic E-state index is 0.108. The molecule has 6 aromatic rings. The number of alkyl halides is 3. The van der Waals surface area contributed by atoms with E-state index in [2.05, 4.69) is 25.9 Å². The van der Waals surface area contributed by atoms with E-state index >= 15 is 0 Å². The second-order valence-electron chi connectivity index (χ2n) is 11.0. The molecule has 4 aromatic carbocycles. The van der Waals surface area contributed by atoms with Crippen LogP contribution < -0.4 is 16.0 Å². The van der Waals surface area contributed by atoms with Crippen molar-refractivity contribution < 1.29 is 27.6 Å². The van der Waals surface area contributed by atoms with Crippen molar-refractivity contribution in [3.63, 3.8) is 0 Å². The molecule has 0 saturated carbocycles. The lowest BCUT2D eigenvalue weighted by Crippen LogP contribution is -2.38. The van der Waals surface area contributed by atoms with Gasteiger partial charge in [-0.05, 0) is 83.9 Å². The Hall–Kier alpha value is -6.36. The number of pyridine rings is 2. The number of rotatable bonds is 9. The van der Waals surface area contributed by atoms with Gasteiger partial charge in [-0.1, -0.05) is 54.6 Å². The van der Waals surface area contributed by atoms with Gasteiger partial charge in [-0.25, -0.2) is 4.98 Å². The molecule has 11 heteroatoms. The van der Waals surface area contributed by atoms with Crippen LogP contribution in [0.4, 0.5) is 19.0 Å². The van der Waals surface area contributed by atoms with E-state index in [0.29, 0.717) is 38.9 Å². The van der Waals surface area contributed by atoms with E-state index in [1.807, 2.05) is 6.07 Å². The van der Waals surface area contributed by atoms with Gasteiger partial charge in [0.1, 0.15) is 5.82 Å². The number of carbonyl (C=O) groups is 3. The standard InChI is InChI=1S/C38H28F3N5O3/c39-38(40,41)28-17-13-24(14-18-28)29-10-4-5-11-30(29)37(49)46-34-20-16-26-22-27(15-19-31(26)44-34)36(48)45-33(32-12-6-7-21-42-32)23-43-35(47)25-8-2-1-3-9-25/h1-22,33H,23H2,(H,43,47)(H,45,48)(H,44,46,49)/t33-/m0/s1. The number of fused-ring (bicyclic) bond motifs is 1. The highest BCUT2D eigenvalue weighted by atomic mass is 19.4. The fraction of sp³-hybridized carbons (Fsp3) is 0.0789. The quantitative estimate of drug-likeness (QED) is 0.149. The van der Waals surface area contributed by atoms with E-state index < -0.39 is 23.7 Å². The second kappa shape index (κ2) is 14.2. The first-order chi connectivity index (χ1) is 23.7. The van der Waals surface area contributed by atoms with Crippen LogP contribution >= 0.6 is 0 Å². The van der Waals surface area contributed by atoms with Crippen molar-refractivity contribution in [3.8, 4) is 11.1 Å². The molecule has 8 nitrogen and oxygen atoms in total. The van der Waals surface area contributed by atoms with Crippen LogP contribution in [0, 0.1) is 0 Å². The molecule has 0 spiro atoms. The molecular weight excluding hydrogens is 631 g/mol. The number of carbonyl (C=O) groups excluding carboxylic acids is 3. The Morgan fingerprint density at radius 2 is 1.43 bits per heavy atom. The maximum atomic E-state index is 13.4.